The fraction of sp³-hybridized carbons (Fsp3) is 0.111. The van der Waals surface area contributed by atoms with Crippen LogP contribution in [0, 0.1) is 0 Å². The topological polar surface area (TPSA) is 77.8 Å². The first-order chi connectivity index (χ1) is 11.0. The van der Waals surface area contributed by atoms with Gasteiger partial charge in [-0.1, -0.05) is 54.6 Å². The molecule has 0 fully saturated rings. The van der Waals surface area contributed by atoms with E-state index < -0.39 is 17.6 Å². The molecule has 0 bridgehead atoms. The normalized spacial score (nSPS) is 11.1. The maximum Gasteiger partial charge on any atom is 0.371 e. The van der Waals surface area contributed by atoms with Crippen LogP contribution in [0.15, 0.2) is 66.4 Å². The first kappa shape index (κ1) is 16.3. The van der Waals surface area contributed by atoms with Gasteiger partial charge in [0.05, 0.1) is 6.08 Å². The molecule has 2 rings (SSSR count). The molecule has 0 heterocycles. The van der Waals surface area contributed by atoms with E-state index in [1.807, 2.05) is 54.6 Å². The van der Waals surface area contributed by atoms with Crippen LogP contribution in [-0.4, -0.2) is 34.0 Å². The number of amides is 1. The highest BCUT2D eigenvalue weighted by Crippen LogP contribution is 2.24. The summed E-state index contributed by atoms with van der Waals surface area (Å²) in [5.74, 6) is -3.08. The van der Waals surface area contributed by atoms with Crippen LogP contribution in [-0.2, 0) is 16.1 Å². The second-order valence-electron chi connectivity index (χ2n) is 5.05. The lowest BCUT2D eigenvalue weighted by Crippen LogP contribution is -2.25. The van der Waals surface area contributed by atoms with E-state index in [9.17, 15) is 9.59 Å². The Morgan fingerprint density at radius 1 is 1.00 bits per heavy atom. The van der Waals surface area contributed by atoms with E-state index in [-0.39, 0.29) is 0 Å². The molecule has 0 saturated heterocycles. The number of hydrogen-bond acceptors (Lipinski definition) is 3. The molecule has 2 N–H and O–H groups in total. The van der Waals surface area contributed by atoms with Gasteiger partial charge in [0.2, 0.25) is 5.76 Å². The smallest absolute Gasteiger partial charge is 0.371 e. The molecule has 1 amide bonds. The van der Waals surface area contributed by atoms with Gasteiger partial charge in [-0.05, 0) is 16.7 Å². The van der Waals surface area contributed by atoms with E-state index >= 15 is 0 Å². The van der Waals surface area contributed by atoms with Crippen molar-refractivity contribution in [2.75, 3.05) is 7.05 Å². The summed E-state index contributed by atoms with van der Waals surface area (Å²) in [5, 5.41) is 17.8. The van der Waals surface area contributed by atoms with Crippen molar-refractivity contribution in [3.05, 3.63) is 72.0 Å². The molecule has 0 aliphatic carbocycles. The highest BCUT2D eigenvalue weighted by molar-refractivity contribution is 5.95. The largest absolute Gasteiger partial charge is 0.502 e. The SMILES string of the molecule is CN(Cc1ccccc1-c1ccccc1)C(=O)/C=C(\O)C(=O)O. The minimum atomic E-state index is -1.53. The van der Waals surface area contributed by atoms with Crippen LogP contribution >= 0.6 is 0 Å². The van der Waals surface area contributed by atoms with Gasteiger partial charge in [0.1, 0.15) is 0 Å². The van der Waals surface area contributed by atoms with Gasteiger partial charge in [0.25, 0.3) is 5.91 Å². The van der Waals surface area contributed by atoms with Gasteiger partial charge >= 0.3 is 5.97 Å². The number of aliphatic hydroxyl groups is 1. The molecule has 5 heteroatoms. The Kier molecular flexibility index (Phi) is 5.15. The molecule has 5 nitrogen and oxygen atoms in total. The minimum Gasteiger partial charge on any atom is -0.502 e. The Hall–Kier alpha value is -3.08. The highest BCUT2D eigenvalue weighted by atomic mass is 16.4. The van der Waals surface area contributed by atoms with Gasteiger partial charge in [-0.3, -0.25) is 4.79 Å². The Labute approximate surface area is 134 Å². The molecule has 0 atom stereocenters. The molecule has 23 heavy (non-hydrogen) atoms. The van der Waals surface area contributed by atoms with Crippen LogP contribution in [0.2, 0.25) is 0 Å². The van der Waals surface area contributed by atoms with E-state index in [1.54, 1.807) is 7.05 Å². The predicted octanol–water partition coefficient (Wildman–Crippen LogP) is 2.84. The Balaban J connectivity index is 2.23. The molecule has 2 aromatic rings. The van der Waals surface area contributed by atoms with Crippen molar-refractivity contribution in [3.8, 4) is 11.1 Å². The number of carbonyl (C=O) groups is 2. The van der Waals surface area contributed by atoms with Crippen molar-refractivity contribution >= 4 is 11.9 Å². The molecule has 0 aromatic heterocycles. The third kappa shape index (κ3) is 4.20. The number of hydrogen-bond donors (Lipinski definition) is 2. The molecular formula is C18H17NO4. The maximum atomic E-state index is 11.9. The predicted molar refractivity (Wildman–Crippen MR) is 86.7 cm³/mol. The van der Waals surface area contributed by atoms with Crippen LogP contribution in [0.4, 0.5) is 0 Å². The van der Waals surface area contributed by atoms with Gasteiger partial charge in [-0.25, -0.2) is 4.79 Å². The summed E-state index contributed by atoms with van der Waals surface area (Å²) in [6.45, 7) is 0.299. The van der Waals surface area contributed by atoms with E-state index in [1.165, 1.54) is 4.90 Å². The molecule has 0 spiro atoms. The quantitative estimate of drug-likeness (QED) is 0.657. The van der Waals surface area contributed by atoms with Crippen LogP contribution < -0.4 is 0 Å². The van der Waals surface area contributed by atoms with Crippen molar-refractivity contribution in [1.29, 1.82) is 0 Å². The second-order valence-corrected chi connectivity index (χ2v) is 5.05. The van der Waals surface area contributed by atoms with Crippen LogP contribution in [0.25, 0.3) is 11.1 Å². The summed E-state index contributed by atoms with van der Waals surface area (Å²) in [7, 11) is 1.55. The summed E-state index contributed by atoms with van der Waals surface area (Å²) in [4.78, 5) is 23.9. The molecule has 118 valence electrons. The van der Waals surface area contributed by atoms with Gasteiger partial charge in [-0.2, -0.15) is 0 Å². The number of benzene rings is 2. The van der Waals surface area contributed by atoms with Crippen LogP contribution in [0.1, 0.15) is 5.56 Å². The van der Waals surface area contributed by atoms with E-state index in [2.05, 4.69) is 0 Å². The molecule has 0 saturated carbocycles. The lowest BCUT2D eigenvalue weighted by molar-refractivity contribution is -0.136. The molecule has 0 aliphatic rings. The fourth-order valence-corrected chi connectivity index (χ4v) is 2.18. The number of aliphatic hydroxyl groups excluding tert-OH is 1. The van der Waals surface area contributed by atoms with E-state index in [4.69, 9.17) is 10.2 Å². The number of carbonyl (C=O) groups excluding carboxylic acids is 1. The van der Waals surface area contributed by atoms with Crippen molar-refractivity contribution in [1.82, 2.24) is 4.90 Å². The maximum absolute atomic E-state index is 11.9. The minimum absolute atomic E-state index is 0.299. The Morgan fingerprint density at radius 3 is 2.26 bits per heavy atom. The van der Waals surface area contributed by atoms with E-state index in [0.29, 0.717) is 12.6 Å². The van der Waals surface area contributed by atoms with Crippen LogP contribution in [0.5, 0.6) is 0 Å². The lowest BCUT2D eigenvalue weighted by Gasteiger charge is -2.18. The first-order valence-electron chi connectivity index (χ1n) is 7.01. The number of carboxylic acids is 1. The average Bonchev–Trinajstić information content (AvgIpc) is 2.56. The number of nitrogens with zero attached hydrogens (tertiary/aromatic N) is 1. The fourth-order valence-electron chi connectivity index (χ4n) is 2.18. The number of rotatable bonds is 5. The molecule has 2 aromatic carbocycles. The van der Waals surface area contributed by atoms with Crippen molar-refractivity contribution in [2.45, 2.75) is 6.54 Å². The summed E-state index contributed by atoms with van der Waals surface area (Å²) >= 11 is 0. The van der Waals surface area contributed by atoms with Crippen molar-refractivity contribution in [3.63, 3.8) is 0 Å². The number of carboxylic acid groups (broad SMARTS) is 1. The first-order valence-corrected chi connectivity index (χ1v) is 7.01. The lowest BCUT2D eigenvalue weighted by atomic mass is 9.99. The summed E-state index contributed by atoms with van der Waals surface area (Å²) in [5.41, 5.74) is 2.96. The third-order valence-electron chi connectivity index (χ3n) is 3.37. The molecule has 0 aliphatic heterocycles. The monoisotopic (exact) mass is 311 g/mol. The van der Waals surface area contributed by atoms with Gasteiger partial charge in [0.15, 0.2) is 0 Å². The van der Waals surface area contributed by atoms with Gasteiger partial charge < -0.3 is 15.1 Å². The number of likely N-dealkylation sites (N-methyl/N-ethyl adjacent to an activating group) is 1. The summed E-state index contributed by atoms with van der Waals surface area (Å²) in [6.07, 6.45) is 0.702. The third-order valence-corrected chi connectivity index (χ3v) is 3.37. The highest BCUT2D eigenvalue weighted by Gasteiger charge is 2.13. The Bertz CT molecular complexity index is 738. The zero-order chi connectivity index (χ0) is 16.8. The molecule has 0 unspecified atom stereocenters. The number of aliphatic carboxylic acids is 1. The van der Waals surface area contributed by atoms with Gasteiger partial charge in [-0.15, -0.1) is 0 Å². The Morgan fingerprint density at radius 2 is 1.61 bits per heavy atom. The van der Waals surface area contributed by atoms with Gasteiger partial charge in [0, 0.05) is 13.6 Å². The van der Waals surface area contributed by atoms with Crippen molar-refractivity contribution < 1.29 is 19.8 Å². The molecule has 0 radical (unpaired) electrons. The zero-order valence-electron chi connectivity index (χ0n) is 12.6. The summed E-state index contributed by atoms with van der Waals surface area (Å²) < 4.78 is 0. The zero-order valence-corrected chi connectivity index (χ0v) is 12.6. The standard InChI is InChI=1S/C18H17NO4/c1-19(17(21)11-16(20)18(22)23)12-14-9-5-6-10-15(14)13-7-3-2-4-8-13/h2-11,20H,12H2,1H3,(H,22,23)/b16-11-. The van der Waals surface area contributed by atoms with Crippen molar-refractivity contribution in [2.24, 2.45) is 0 Å². The second kappa shape index (κ2) is 7.26. The van der Waals surface area contributed by atoms with Crippen LogP contribution in [0.3, 0.4) is 0 Å². The average molecular weight is 311 g/mol. The summed E-state index contributed by atoms with van der Waals surface area (Å²) in [6, 6.07) is 17.5. The molecular weight excluding hydrogens is 294 g/mol. The van der Waals surface area contributed by atoms with E-state index in [0.717, 1.165) is 16.7 Å².